The summed E-state index contributed by atoms with van der Waals surface area (Å²) in [6, 6.07) is 10.7. The first-order valence-electron chi connectivity index (χ1n) is 6.72. The second-order valence-corrected chi connectivity index (χ2v) is 4.54. The molecule has 0 saturated carbocycles. The van der Waals surface area contributed by atoms with Crippen LogP contribution in [0.1, 0.15) is 24.3 Å². The van der Waals surface area contributed by atoms with Crippen LogP contribution in [0.15, 0.2) is 30.3 Å². The number of hydrogen-bond acceptors (Lipinski definition) is 4. The van der Waals surface area contributed by atoms with Gasteiger partial charge in [-0.25, -0.2) is 0 Å². The maximum Gasteiger partial charge on any atom is 0.303 e. The normalized spacial score (nSPS) is 11.0. The number of aliphatic carboxylic acids is 1. The number of rotatable bonds is 8. The van der Waals surface area contributed by atoms with Crippen molar-refractivity contribution in [3.8, 4) is 6.07 Å². The average Bonchev–Trinajstić information content (AvgIpc) is 2.52. The molecule has 0 aliphatic rings. The number of carbonyl (C=O) groups is 3. The van der Waals surface area contributed by atoms with Crippen molar-refractivity contribution >= 4 is 17.8 Å². The Bertz CT molecular complexity index is 566. The number of nitrogens with one attached hydrogen (secondary N) is 2. The average molecular weight is 303 g/mol. The second kappa shape index (κ2) is 9.13. The van der Waals surface area contributed by atoms with E-state index < -0.39 is 17.8 Å². The number of amides is 2. The fourth-order valence-electron chi connectivity index (χ4n) is 1.82. The third kappa shape index (κ3) is 6.05. The Morgan fingerprint density at radius 2 is 1.82 bits per heavy atom. The minimum atomic E-state index is -1.05. The summed E-state index contributed by atoms with van der Waals surface area (Å²) in [5.41, 5.74) is 0.705. The van der Waals surface area contributed by atoms with Crippen LogP contribution in [0, 0.1) is 11.3 Å². The van der Waals surface area contributed by atoms with Crippen molar-refractivity contribution in [3.63, 3.8) is 0 Å². The molecule has 0 aromatic heterocycles. The van der Waals surface area contributed by atoms with Crippen LogP contribution in [0.2, 0.25) is 0 Å². The molecule has 1 atom stereocenters. The zero-order valence-corrected chi connectivity index (χ0v) is 11.9. The lowest BCUT2D eigenvalue weighted by molar-refractivity contribution is -0.139. The Kier molecular flexibility index (Phi) is 7.13. The highest BCUT2D eigenvalue weighted by atomic mass is 16.4. The molecule has 0 aliphatic heterocycles. The third-order valence-corrected chi connectivity index (χ3v) is 2.93. The fourth-order valence-corrected chi connectivity index (χ4v) is 1.82. The smallest absolute Gasteiger partial charge is 0.303 e. The van der Waals surface area contributed by atoms with Crippen molar-refractivity contribution in [2.24, 2.45) is 0 Å². The van der Waals surface area contributed by atoms with E-state index in [1.54, 1.807) is 30.3 Å². The van der Waals surface area contributed by atoms with Crippen LogP contribution in [0.4, 0.5) is 0 Å². The predicted molar refractivity (Wildman–Crippen MR) is 77.7 cm³/mol. The van der Waals surface area contributed by atoms with Gasteiger partial charge >= 0.3 is 5.97 Å². The van der Waals surface area contributed by atoms with E-state index in [9.17, 15) is 14.4 Å². The molecule has 0 heterocycles. The van der Waals surface area contributed by atoms with Gasteiger partial charge in [-0.2, -0.15) is 5.26 Å². The Morgan fingerprint density at radius 1 is 1.14 bits per heavy atom. The van der Waals surface area contributed by atoms with Gasteiger partial charge in [0.1, 0.15) is 6.54 Å². The molecule has 0 saturated heterocycles. The molecule has 1 rings (SSSR count). The Hall–Kier alpha value is -2.88. The first-order valence-corrected chi connectivity index (χ1v) is 6.72. The summed E-state index contributed by atoms with van der Waals surface area (Å²) in [5.74, 6) is -2.49. The Balaban J connectivity index is 2.67. The highest BCUT2D eigenvalue weighted by Gasteiger charge is 2.21. The van der Waals surface area contributed by atoms with E-state index in [0.717, 1.165) is 0 Å². The number of carboxylic acids is 1. The van der Waals surface area contributed by atoms with Crippen LogP contribution >= 0.6 is 0 Å². The molecule has 116 valence electrons. The summed E-state index contributed by atoms with van der Waals surface area (Å²) in [6.07, 6.45) is -0.404. The molecule has 1 aromatic carbocycles. The number of nitrogens with zero attached hydrogens (tertiary/aromatic N) is 1. The van der Waals surface area contributed by atoms with Gasteiger partial charge in [0.05, 0.1) is 18.4 Å². The standard InChI is InChI=1S/C15H17N3O4/c16-8-9-17-15(22)12(11-4-2-1-3-5-11)10-18-13(19)6-7-14(20)21/h1-5,12H,6-7,9-10H2,(H,17,22)(H,18,19)(H,20,21). The van der Waals surface area contributed by atoms with Gasteiger partial charge < -0.3 is 15.7 Å². The van der Waals surface area contributed by atoms with Crippen molar-refractivity contribution < 1.29 is 19.5 Å². The van der Waals surface area contributed by atoms with Gasteiger partial charge in [0, 0.05) is 13.0 Å². The molecule has 7 heteroatoms. The first kappa shape index (κ1) is 17.2. The van der Waals surface area contributed by atoms with Crippen LogP contribution < -0.4 is 10.6 Å². The van der Waals surface area contributed by atoms with Crippen molar-refractivity contribution in [2.75, 3.05) is 13.1 Å². The van der Waals surface area contributed by atoms with E-state index in [1.165, 1.54) is 0 Å². The van der Waals surface area contributed by atoms with Crippen LogP contribution in [0.25, 0.3) is 0 Å². The molecule has 0 spiro atoms. The Morgan fingerprint density at radius 3 is 2.41 bits per heavy atom. The summed E-state index contributed by atoms with van der Waals surface area (Å²) in [7, 11) is 0. The lowest BCUT2D eigenvalue weighted by Crippen LogP contribution is -2.37. The number of carbonyl (C=O) groups excluding carboxylic acids is 2. The molecule has 22 heavy (non-hydrogen) atoms. The van der Waals surface area contributed by atoms with Gasteiger partial charge in [-0.05, 0) is 5.56 Å². The molecule has 2 amide bonds. The maximum absolute atomic E-state index is 12.1. The minimum Gasteiger partial charge on any atom is -0.481 e. The zero-order valence-electron chi connectivity index (χ0n) is 11.9. The number of carboxylic acid groups (broad SMARTS) is 1. The van der Waals surface area contributed by atoms with Crippen molar-refractivity contribution in [2.45, 2.75) is 18.8 Å². The molecule has 0 radical (unpaired) electrons. The van der Waals surface area contributed by atoms with Gasteiger partial charge in [-0.15, -0.1) is 0 Å². The quantitative estimate of drug-likeness (QED) is 0.600. The number of hydrogen-bond donors (Lipinski definition) is 3. The van der Waals surface area contributed by atoms with E-state index in [4.69, 9.17) is 10.4 Å². The largest absolute Gasteiger partial charge is 0.481 e. The Labute approximate surface area is 127 Å². The molecule has 3 N–H and O–H groups in total. The molecule has 1 aromatic rings. The van der Waals surface area contributed by atoms with Gasteiger partial charge in [0.2, 0.25) is 11.8 Å². The molecule has 7 nitrogen and oxygen atoms in total. The molecule has 0 aliphatic carbocycles. The number of nitriles is 1. The summed E-state index contributed by atoms with van der Waals surface area (Å²) < 4.78 is 0. The lowest BCUT2D eigenvalue weighted by Gasteiger charge is -2.17. The molecule has 1 unspecified atom stereocenters. The van der Waals surface area contributed by atoms with Crippen LogP contribution in [-0.2, 0) is 14.4 Å². The van der Waals surface area contributed by atoms with Crippen LogP contribution in [-0.4, -0.2) is 36.0 Å². The molecular weight excluding hydrogens is 286 g/mol. The topological polar surface area (TPSA) is 119 Å². The second-order valence-electron chi connectivity index (χ2n) is 4.54. The zero-order chi connectivity index (χ0) is 16.4. The van der Waals surface area contributed by atoms with Gasteiger partial charge in [0.15, 0.2) is 0 Å². The monoisotopic (exact) mass is 303 g/mol. The summed E-state index contributed by atoms with van der Waals surface area (Å²) in [5, 5.41) is 22.1. The first-order chi connectivity index (χ1) is 10.5. The van der Waals surface area contributed by atoms with E-state index in [2.05, 4.69) is 10.6 Å². The summed E-state index contributed by atoms with van der Waals surface area (Å²) in [4.78, 5) is 34.1. The summed E-state index contributed by atoms with van der Waals surface area (Å²) >= 11 is 0. The third-order valence-electron chi connectivity index (χ3n) is 2.93. The van der Waals surface area contributed by atoms with Gasteiger partial charge in [0.25, 0.3) is 0 Å². The van der Waals surface area contributed by atoms with Crippen molar-refractivity contribution in [1.82, 2.24) is 10.6 Å². The van der Waals surface area contributed by atoms with Crippen LogP contribution in [0.3, 0.4) is 0 Å². The van der Waals surface area contributed by atoms with Crippen molar-refractivity contribution in [1.29, 1.82) is 5.26 Å². The molecule has 0 fully saturated rings. The summed E-state index contributed by atoms with van der Waals surface area (Å²) in [6.45, 7) is -0.0745. The highest BCUT2D eigenvalue weighted by molar-refractivity contribution is 5.85. The lowest BCUT2D eigenvalue weighted by atomic mass is 9.98. The van der Waals surface area contributed by atoms with Gasteiger partial charge in [-0.3, -0.25) is 14.4 Å². The van der Waals surface area contributed by atoms with Crippen LogP contribution in [0.5, 0.6) is 0 Å². The molecular formula is C15H17N3O4. The van der Waals surface area contributed by atoms with E-state index in [0.29, 0.717) is 5.56 Å². The van der Waals surface area contributed by atoms with E-state index >= 15 is 0 Å². The SMILES string of the molecule is N#CCNC(=O)C(CNC(=O)CCC(=O)O)c1ccccc1. The number of benzene rings is 1. The minimum absolute atomic E-state index is 0.0414. The fraction of sp³-hybridized carbons (Fsp3) is 0.333. The van der Waals surface area contributed by atoms with Crippen molar-refractivity contribution in [3.05, 3.63) is 35.9 Å². The van der Waals surface area contributed by atoms with E-state index in [-0.39, 0.29) is 31.8 Å². The highest BCUT2D eigenvalue weighted by Crippen LogP contribution is 2.15. The predicted octanol–water partition coefficient (Wildman–Crippen LogP) is 0.391. The maximum atomic E-state index is 12.1. The van der Waals surface area contributed by atoms with E-state index in [1.807, 2.05) is 6.07 Å². The molecule has 0 bridgehead atoms. The van der Waals surface area contributed by atoms with Gasteiger partial charge in [-0.1, -0.05) is 30.3 Å².